The van der Waals surface area contributed by atoms with Crippen molar-refractivity contribution in [1.82, 2.24) is 15.0 Å². The lowest BCUT2D eigenvalue weighted by Gasteiger charge is -2.09. The molecule has 8 nitrogen and oxygen atoms in total. The number of benzene rings is 2. The molecule has 0 saturated heterocycles. The molecule has 3 rings (SSSR count). The maximum atomic E-state index is 5.78. The van der Waals surface area contributed by atoms with Gasteiger partial charge in [0, 0.05) is 11.4 Å². The molecule has 3 aromatic rings. The predicted molar refractivity (Wildman–Crippen MR) is 96.8 cm³/mol. The molecule has 2 aromatic carbocycles. The monoisotopic (exact) mass is 338 g/mol. The number of methoxy groups -OCH3 is 2. The van der Waals surface area contributed by atoms with Gasteiger partial charge in [0.25, 0.3) is 0 Å². The van der Waals surface area contributed by atoms with E-state index in [0.717, 1.165) is 22.9 Å². The molecule has 0 bridgehead atoms. The van der Waals surface area contributed by atoms with Crippen molar-refractivity contribution in [2.75, 3.05) is 30.6 Å². The van der Waals surface area contributed by atoms with Crippen molar-refractivity contribution >= 4 is 29.2 Å². The second kappa shape index (κ2) is 7.35. The third-order valence-corrected chi connectivity index (χ3v) is 3.35. The van der Waals surface area contributed by atoms with Gasteiger partial charge in [-0.05, 0) is 48.5 Å². The van der Waals surface area contributed by atoms with Crippen LogP contribution in [0.3, 0.4) is 0 Å². The van der Waals surface area contributed by atoms with E-state index in [-0.39, 0.29) is 5.95 Å². The van der Waals surface area contributed by atoms with E-state index in [1.165, 1.54) is 0 Å². The van der Waals surface area contributed by atoms with Crippen LogP contribution < -0.4 is 25.8 Å². The fraction of sp³-hybridized carbons (Fsp3) is 0.118. The van der Waals surface area contributed by atoms with Gasteiger partial charge < -0.3 is 25.8 Å². The summed E-state index contributed by atoms with van der Waals surface area (Å²) in [6.07, 6.45) is 0. The topological polar surface area (TPSA) is 107 Å². The summed E-state index contributed by atoms with van der Waals surface area (Å²) in [6.45, 7) is 0. The van der Waals surface area contributed by atoms with E-state index in [1.54, 1.807) is 14.2 Å². The summed E-state index contributed by atoms with van der Waals surface area (Å²) < 4.78 is 10.3. The smallest absolute Gasteiger partial charge is 0.233 e. The van der Waals surface area contributed by atoms with Gasteiger partial charge in [-0.2, -0.15) is 15.0 Å². The largest absolute Gasteiger partial charge is 0.497 e. The minimum Gasteiger partial charge on any atom is -0.497 e. The average molecular weight is 338 g/mol. The predicted octanol–water partition coefficient (Wildman–Crippen LogP) is 2.96. The van der Waals surface area contributed by atoms with Crippen LogP contribution in [-0.2, 0) is 0 Å². The summed E-state index contributed by atoms with van der Waals surface area (Å²) in [7, 11) is 3.23. The van der Waals surface area contributed by atoms with E-state index in [1.807, 2.05) is 48.5 Å². The van der Waals surface area contributed by atoms with Crippen molar-refractivity contribution in [3.05, 3.63) is 48.5 Å². The van der Waals surface area contributed by atoms with Crippen molar-refractivity contribution in [2.24, 2.45) is 0 Å². The van der Waals surface area contributed by atoms with Gasteiger partial charge in [0.15, 0.2) is 0 Å². The highest BCUT2D eigenvalue weighted by Crippen LogP contribution is 2.21. The SMILES string of the molecule is COc1ccc(Nc2nc(N)nc(Nc3ccc(OC)cc3)n2)cc1. The summed E-state index contributed by atoms with van der Waals surface area (Å²) in [4.78, 5) is 12.5. The molecule has 0 unspecified atom stereocenters. The molecular weight excluding hydrogens is 320 g/mol. The number of nitrogens with one attached hydrogen (secondary N) is 2. The van der Waals surface area contributed by atoms with Crippen molar-refractivity contribution in [1.29, 1.82) is 0 Å². The van der Waals surface area contributed by atoms with Crippen LogP contribution in [0.5, 0.6) is 11.5 Å². The van der Waals surface area contributed by atoms with Crippen LogP contribution in [0.4, 0.5) is 29.2 Å². The summed E-state index contributed by atoms with van der Waals surface area (Å²) >= 11 is 0. The summed E-state index contributed by atoms with van der Waals surface area (Å²) in [6, 6.07) is 14.8. The molecule has 1 aromatic heterocycles. The Hall–Kier alpha value is -3.55. The molecule has 0 radical (unpaired) electrons. The van der Waals surface area contributed by atoms with E-state index < -0.39 is 0 Å². The second-order valence-corrected chi connectivity index (χ2v) is 5.05. The molecular formula is C17H18N6O2. The van der Waals surface area contributed by atoms with Crippen LogP contribution >= 0.6 is 0 Å². The first kappa shape index (κ1) is 16.3. The van der Waals surface area contributed by atoms with Gasteiger partial charge in [-0.25, -0.2) is 0 Å². The molecule has 128 valence electrons. The van der Waals surface area contributed by atoms with Gasteiger partial charge in [-0.1, -0.05) is 0 Å². The van der Waals surface area contributed by atoms with Crippen molar-refractivity contribution in [2.45, 2.75) is 0 Å². The normalized spacial score (nSPS) is 10.2. The van der Waals surface area contributed by atoms with E-state index in [0.29, 0.717) is 11.9 Å². The summed E-state index contributed by atoms with van der Waals surface area (Å²) in [5.74, 6) is 2.33. The zero-order valence-electron chi connectivity index (χ0n) is 13.9. The number of anilines is 5. The third kappa shape index (κ3) is 4.25. The lowest BCUT2D eigenvalue weighted by molar-refractivity contribution is 0.415. The Morgan fingerprint density at radius 1 is 0.680 bits per heavy atom. The Morgan fingerprint density at radius 2 is 1.08 bits per heavy atom. The minimum absolute atomic E-state index is 0.113. The maximum Gasteiger partial charge on any atom is 0.233 e. The number of nitrogen functional groups attached to an aromatic ring is 1. The molecule has 0 aliphatic heterocycles. The Kier molecular flexibility index (Phi) is 4.79. The fourth-order valence-electron chi connectivity index (χ4n) is 2.11. The van der Waals surface area contributed by atoms with Crippen LogP contribution in [0.15, 0.2) is 48.5 Å². The third-order valence-electron chi connectivity index (χ3n) is 3.35. The van der Waals surface area contributed by atoms with Crippen molar-refractivity contribution in [3.8, 4) is 11.5 Å². The van der Waals surface area contributed by atoms with E-state index >= 15 is 0 Å². The molecule has 0 aliphatic carbocycles. The first-order valence-corrected chi connectivity index (χ1v) is 7.50. The number of rotatable bonds is 6. The van der Waals surface area contributed by atoms with Gasteiger partial charge in [0.1, 0.15) is 11.5 Å². The highest BCUT2D eigenvalue weighted by Gasteiger charge is 2.06. The van der Waals surface area contributed by atoms with Crippen LogP contribution in [0.25, 0.3) is 0 Å². The Balaban J connectivity index is 1.76. The Morgan fingerprint density at radius 3 is 1.44 bits per heavy atom. The molecule has 0 atom stereocenters. The van der Waals surface area contributed by atoms with E-state index in [4.69, 9.17) is 15.2 Å². The number of hydrogen-bond donors (Lipinski definition) is 3. The second-order valence-electron chi connectivity index (χ2n) is 5.05. The molecule has 4 N–H and O–H groups in total. The minimum atomic E-state index is 0.113. The number of ether oxygens (including phenoxy) is 2. The number of nitrogens with zero attached hydrogens (tertiary/aromatic N) is 3. The first-order chi connectivity index (χ1) is 12.2. The van der Waals surface area contributed by atoms with E-state index in [9.17, 15) is 0 Å². The Bertz CT molecular complexity index is 769. The van der Waals surface area contributed by atoms with Gasteiger partial charge >= 0.3 is 0 Å². The lowest BCUT2D eigenvalue weighted by Crippen LogP contribution is -2.07. The number of aromatic nitrogens is 3. The highest BCUT2D eigenvalue weighted by atomic mass is 16.5. The highest BCUT2D eigenvalue weighted by molar-refractivity contribution is 5.59. The maximum absolute atomic E-state index is 5.78. The molecule has 0 aliphatic rings. The number of nitrogens with two attached hydrogens (primary N) is 1. The first-order valence-electron chi connectivity index (χ1n) is 7.50. The van der Waals surface area contributed by atoms with Crippen LogP contribution in [0, 0.1) is 0 Å². The van der Waals surface area contributed by atoms with Crippen molar-refractivity contribution in [3.63, 3.8) is 0 Å². The molecule has 8 heteroatoms. The molecule has 0 amide bonds. The quantitative estimate of drug-likeness (QED) is 0.630. The lowest BCUT2D eigenvalue weighted by atomic mass is 10.3. The standard InChI is InChI=1S/C17H18N6O2/c1-24-13-7-3-11(4-8-13)19-16-21-15(18)22-17(23-16)20-12-5-9-14(25-2)10-6-12/h3-10H,1-2H3,(H4,18,19,20,21,22,23). The zero-order chi connectivity index (χ0) is 17.6. The van der Waals surface area contributed by atoms with Gasteiger partial charge in [-0.3, -0.25) is 0 Å². The molecule has 0 spiro atoms. The van der Waals surface area contributed by atoms with Gasteiger partial charge in [0.2, 0.25) is 17.8 Å². The number of hydrogen-bond acceptors (Lipinski definition) is 8. The zero-order valence-corrected chi connectivity index (χ0v) is 13.9. The van der Waals surface area contributed by atoms with Gasteiger partial charge in [0.05, 0.1) is 14.2 Å². The van der Waals surface area contributed by atoms with Crippen LogP contribution in [0.1, 0.15) is 0 Å². The molecule has 25 heavy (non-hydrogen) atoms. The van der Waals surface area contributed by atoms with Crippen LogP contribution in [-0.4, -0.2) is 29.2 Å². The Labute approximate surface area is 145 Å². The molecule has 0 fully saturated rings. The summed E-state index contributed by atoms with van der Waals surface area (Å²) in [5.41, 5.74) is 7.39. The van der Waals surface area contributed by atoms with E-state index in [2.05, 4.69) is 25.6 Å². The van der Waals surface area contributed by atoms with Crippen LogP contribution in [0.2, 0.25) is 0 Å². The molecule has 0 saturated carbocycles. The average Bonchev–Trinajstić information content (AvgIpc) is 2.62. The van der Waals surface area contributed by atoms with Gasteiger partial charge in [-0.15, -0.1) is 0 Å². The fourth-order valence-corrected chi connectivity index (χ4v) is 2.11. The summed E-state index contributed by atoms with van der Waals surface area (Å²) in [5, 5.41) is 6.17. The van der Waals surface area contributed by atoms with Crippen molar-refractivity contribution < 1.29 is 9.47 Å². The molecule has 1 heterocycles.